The summed E-state index contributed by atoms with van der Waals surface area (Å²) in [6, 6.07) is 13.5. The van der Waals surface area contributed by atoms with Crippen LogP contribution >= 0.6 is 11.3 Å². The van der Waals surface area contributed by atoms with E-state index in [2.05, 4.69) is 34.7 Å². The Bertz CT molecular complexity index is 965. The number of hydrogen-bond donors (Lipinski definition) is 2. The zero-order valence-corrected chi connectivity index (χ0v) is 16.4. The summed E-state index contributed by atoms with van der Waals surface area (Å²) >= 11 is 1.45. The minimum atomic E-state index is -0.290. The third-order valence-corrected chi connectivity index (χ3v) is 5.25. The maximum atomic E-state index is 12.2. The van der Waals surface area contributed by atoms with Crippen molar-refractivity contribution in [1.29, 1.82) is 0 Å². The molecule has 2 amide bonds. The molecule has 0 spiro atoms. The van der Waals surface area contributed by atoms with Crippen LogP contribution in [0.1, 0.15) is 41.3 Å². The number of amides is 2. The van der Waals surface area contributed by atoms with Crippen LogP contribution in [0.15, 0.2) is 42.5 Å². The predicted molar refractivity (Wildman–Crippen MR) is 110 cm³/mol. The third kappa shape index (κ3) is 4.92. The van der Waals surface area contributed by atoms with Crippen molar-refractivity contribution in [2.45, 2.75) is 33.1 Å². The summed E-state index contributed by atoms with van der Waals surface area (Å²) in [7, 11) is 0. The number of fused-ring (bicyclic) bond motifs is 1. The van der Waals surface area contributed by atoms with Crippen molar-refractivity contribution in [3.05, 3.63) is 59.2 Å². The summed E-state index contributed by atoms with van der Waals surface area (Å²) in [6.07, 6.45) is 3.38. The van der Waals surface area contributed by atoms with E-state index >= 15 is 0 Å². The minimum absolute atomic E-state index is 0.0924. The highest BCUT2D eigenvalue weighted by Gasteiger charge is 2.12. The van der Waals surface area contributed by atoms with Crippen LogP contribution in [0.3, 0.4) is 0 Å². The van der Waals surface area contributed by atoms with Gasteiger partial charge in [-0.3, -0.25) is 9.59 Å². The second kappa shape index (κ2) is 8.77. The fourth-order valence-electron chi connectivity index (χ4n) is 2.81. The first-order valence-corrected chi connectivity index (χ1v) is 9.91. The molecule has 0 atom stereocenters. The van der Waals surface area contributed by atoms with Gasteiger partial charge in [0.25, 0.3) is 5.91 Å². The Hall–Kier alpha value is -2.73. The Labute approximate surface area is 162 Å². The minimum Gasteiger partial charge on any atom is -0.343 e. The molecule has 140 valence electrons. The van der Waals surface area contributed by atoms with E-state index in [1.807, 2.05) is 25.1 Å². The molecule has 6 heteroatoms. The summed E-state index contributed by atoms with van der Waals surface area (Å²) in [4.78, 5) is 28.8. The van der Waals surface area contributed by atoms with Crippen molar-refractivity contribution < 1.29 is 9.59 Å². The molecule has 0 aliphatic heterocycles. The van der Waals surface area contributed by atoms with Gasteiger partial charge in [0, 0.05) is 5.56 Å². The lowest BCUT2D eigenvalue weighted by Crippen LogP contribution is -2.33. The van der Waals surface area contributed by atoms with Crippen LogP contribution in [0.5, 0.6) is 0 Å². The molecule has 1 aromatic heterocycles. The second-order valence-electron chi connectivity index (χ2n) is 6.47. The third-order valence-electron chi connectivity index (χ3n) is 4.32. The molecular formula is C21H23N3O2S. The van der Waals surface area contributed by atoms with E-state index in [-0.39, 0.29) is 18.4 Å². The van der Waals surface area contributed by atoms with Crippen LogP contribution in [-0.4, -0.2) is 23.3 Å². The van der Waals surface area contributed by atoms with Crippen LogP contribution in [0.2, 0.25) is 0 Å². The Morgan fingerprint density at radius 1 is 1.15 bits per heavy atom. The van der Waals surface area contributed by atoms with Gasteiger partial charge >= 0.3 is 0 Å². The van der Waals surface area contributed by atoms with Gasteiger partial charge in [-0.2, -0.15) is 0 Å². The molecule has 5 nitrogen and oxygen atoms in total. The number of anilines is 1. The number of nitrogens with one attached hydrogen (secondary N) is 2. The molecule has 2 aromatic carbocycles. The van der Waals surface area contributed by atoms with Gasteiger partial charge in [0.05, 0.1) is 16.8 Å². The van der Waals surface area contributed by atoms with E-state index in [0.717, 1.165) is 35.0 Å². The Kier molecular flexibility index (Phi) is 6.19. The van der Waals surface area contributed by atoms with E-state index in [1.54, 1.807) is 12.1 Å². The van der Waals surface area contributed by atoms with Crippen LogP contribution in [0, 0.1) is 6.92 Å². The van der Waals surface area contributed by atoms with Gasteiger partial charge in [-0.05, 0) is 49.1 Å². The van der Waals surface area contributed by atoms with Crippen molar-refractivity contribution in [3.8, 4) is 0 Å². The molecule has 27 heavy (non-hydrogen) atoms. The molecule has 2 N–H and O–H groups in total. The Morgan fingerprint density at radius 2 is 1.96 bits per heavy atom. The number of aromatic nitrogens is 1. The van der Waals surface area contributed by atoms with E-state index in [1.165, 1.54) is 16.9 Å². The molecule has 3 aromatic rings. The average molecular weight is 382 g/mol. The molecule has 0 saturated heterocycles. The van der Waals surface area contributed by atoms with Crippen molar-refractivity contribution in [3.63, 3.8) is 0 Å². The van der Waals surface area contributed by atoms with Gasteiger partial charge in [0.15, 0.2) is 5.13 Å². The molecule has 0 aliphatic rings. The number of rotatable bonds is 7. The fourth-order valence-corrected chi connectivity index (χ4v) is 3.75. The highest BCUT2D eigenvalue weighted by molar-refractivity contribution is 7.22. The molecular weight excluding hydrogens is 358 g/mol. The maximum Gasteiger partial charge on any atom is 0.251 e. The lowest BCUT2D eigenvalue weighted by atomic mass is 10.1. The Balaban J connectivity index is 1.59. The first-order valence-electron chi connectivity index (χ1n) is 9.10. The van der Waals surface area contributed by atoms with Gasteiger partial charge in [0.2, 0.25) is 5.91 Å². The normalized spacial score (nSPS) is 10.7. The van der Waals surface area contributed by atoms with Gasteiger partial charge in [-0.15, -0.1) is 0 Å². The summed E-state index contributed by atoms with van der Waals surface area (Å²) in [5.74, 6) is -0.546. The SMILES string of the molecule is CCCCc1ccc2nc(NC(=O)CNC(=O)c3ccccc3C)sc2c1. The highest BCUT2D eigenvalue weighted by atomic mass is 32.1. The van der Waals surface area contributed by atoms with Crippen molar-refractivity contribution in [2.75, 3.05) is 11.9 Å². The van der Waals surface area contributed by atoms with Crippen LogP contribution in [-0.2, 0) is 11.2 Å². The first kappa shape index (κ1) is 19.0. The summed E-state index contributed by atoms with van der Waals surface area (Å²) in [5.41, 5.74) is 3.61. The summed E-state index contributed by atoms with van der Waals surface area (Å²) in [5, 5.41) is 5.97. The average Bonchev–Trinajstić information content (AvgIpc) is 3.06. The number of unbranched alkanes of at least 4 members (excludes halogenated alkanes) is 1. The molecule has 0 radical (unpaired) electrons. The monoisotopic (exact) mass is 381 g/mol. The molecule has 0 fully saturated rings. The quantitative estimate of drug-likeness (QED) is 0.640. The smallest absolute Gasteiger partial charge is 0.251 e. The van der Waals surface area contributed by atoms with E-state index in [9.17, 15) is 9.59 Å². The lowest BCUT2D eigenvalue weighted by Gasteiger charge is -2.07. The number of benzene rings is 2. The van der Waals surface area contributed by atoms with Crippen molar-refractivity contribution in [1.82, 2.24) is 10.3 Å². The highest BCUT2D eigenvalue weighted by Crippen LogP contribution is 2.27. The van der Waals surface area contributed by atoms with Gasteiger partial charge < -0.3 is 10.6 Å². The molecule has 0 bridgehead atoms. The first-order chi connectivity index (χ1) is 13.1. The van der Waals surface area contributed by atoms with Crippen LogP contribution in [0.25, 0.3) is 10.2 Å². The lowest BCUT2D eigenvalue weighted by molar-refractivity contribution is -0.115. The van der Waals surface area contributed by atoms with E-state index in [4.69, 9.17) is 0 Å². The predicted octanol–water partition coefficient (Wildman–Crippen LogP) is 4.32. The number of aryl methyl sites for hydroxylation is 2. The van der Waals surface area contributed by atoms with Crippen LogP contribution in [0.4, 0.5) is 5.13 Å². The number of carbonyl (C=O) groups excluding carboxylic acids is 2. The molecule has 1 heterocycles. The number of hydrogen-bond acceptors (Lipinski definition) is 4. The van der Waals surface area contributed by atoms with Crippen molar-refractivity contribution >= 4 is 38.5 Å². The number of carbonyl (C=O) groups is 2. The Morgan fingerprint density at radius 3 is 2.74 bits per heavy atom. The molecule has 0 saturated carbocycles. The van der Waals surface area contributed by atoms with E-state index < -0.39 is 0 Å². The molecule has 3 rings (SSSR count). The maximum absolute atomic E-state index is 12.2. The summed E-state index contributed by atoms with van der Waals surface area (Å²) < 4.78 is 1.06. The standard InChI is InChI=1S/C21H23N3O2S/c1-3-4-8-15-10-11-17-18(12-15)27-21(23-17)24-19(25)13-22-20(26)16-9-6-5-7-14(16)2/h5-7,9-12H,3-4,8,13H2,1-2H3,(H,22,26)(H,23,24,25). The molecule has 0 unspecified atom stereocenters. The van der Waals surface area contributed by atoms with Crippen LogP contribution < -0.4 is 10.6 Å². The van der Waals surface area contributed by atoms with Gasteiger partial charge in [-0.25, -0.2) is 4.98 Å². The van der Waals surface area contributed by atoms with Gasteiger partial charge in [-0.1, -0.05) is 48.9 Å². The number of thiazole rings is 1. The number of nitrogens with zero attached hydrogens (tertiary/aromatic N) is 1. The van der Waals surface area contributed by atoms with E-state index in [0.29, 0.717) is 10.7 Å². The zero-order valence-electron chi connectivity index (χ0n) is 15.5. The summed E-state index contributed by atoms with van der Waals surface area (Å²) in [6.45, 7) is 3.95. The fraction of sp³-hybridized carbons (Fsp3) is 0.286. The zero-order chi connectivity index (χ0) is 19.2. The van der Waals surface area contributed by atoms with Gasteiger partial charge in [0.1, 0.15) is 0 Å². The topological polar surface area (TPSA) is 71.1 Å². The largest absolute Gasteiger partial charge is 0.343 e. The van der Waals surface area contributed by atoms with Crippen molar-refractivity contribution in [2.24, 2.45) is 0 Å². The molecule has 0 aliphatic carbocycles. The second-order valence-corrected chi connectivity index (χ2v) is 7.50.